The van der Waals surface area contributed by atoms with E-state index in [-0.39, 0.29) is 0 Å². The van der Waals surface area contributed by atoms with E-state index in [0.717, 1.165) is 72.2 Å². The predicted molar refractivity (Wildman–Crippen MR) is 194 cm³/mol. The summed E-state index contributed by atoms with van der Waals surface area (Å²) >= 11 is 0. The summed E-state index contributed by atoms with van der Waals surface area (Å²) in [5, 5.41) is 4.63. The van der Waals surface area contributed by atoms with Crippen molar-refractivity contribution < 1.29 is 4.42 Å². The van der Waals surface area contributed by atoms with E-state index in [9.17, 15) is 0 Å². The average Bonchev–Trinajstić information content (AvgIpc) is 3.60. The van der Waals surface area contributed by atoms with Crippen molar-refractivity contribution in [3.05, 3.63) is 170 Å². The first kappa shape index (κ1) is 27.0. The molecule has 0 radical (unpaired) electrons. The molecule has 0 saturated carbocycles. The molecule has 0 fully saturated rings. The Morgan fingerprint density at radius 3 is 1.89 bits per heavy atom. The summed E-state index contributed by atoms with van der Waals surface area (Å²) in [7, 11) is 0. The van der Waals surface area contributed by atoms with Crippen LogP contribution in [0.3, 0.4) is 0 Å². The standard InChI is InChI=1S/C44H28N2O/c1-3-14-30(15-4-1)40-28-33-18-8-10-22-37(33)42(45-40)34-20-11-19-32(27-34)36-26-25-29-13-7-9-21-35(29)41(36)38-23-12-24-39-43(38)47-44(46-39)31-16-5-2-6-17-31/h1-28H. The van der Waals surface area contributed by atoms with E-state index < -0.39 is 0 Å². The first-order valence-electron chi connectivity index (χ1n) is 15.8. The van der Waals surface area contributed by atoms with Crippen LogP contribution in [0.2, 0.25) is 0 Å². The second-order valence-electron chi connectivity index (χ2n) is 11.8. The van der Waals surface area contributed by atoms with Gasteiger partial charge in [-0.05, 0) is 57.6 Å². The third-order valence-corrected chi connectivity index (χ3v) is 8.89. The average molecular weight is 601 g/mol. The molecule has 0 saturated heterocycles. The first-order valence-corrected chi connectivity index (χ1v) is 15.8. The highest BCUT2D eigenvalue weighted by Crippen LogP contribution is 2.43. The maximum absolute atomic E-state index is 6.55. The van der Waals surface area contributed by atoms with E-state index in [1.54, 1.807) is 0 Å². The SMILES string of the molecule is c1ccc(-c2cc3ccccc3c(-c3cccc(-c4ccc5ccccc5c4-c4cccc5nc(-c6ccccc6)oc45)c3)n2)cc1. The van der Waals surface area contributed by atoms with Crippen molar-refractivity contribution in [3.8, 4) is 56.2 Å². The minimum absolute atomic E-state index is 0.619. The van der Waals surface area contributed by atoms with E-state index in [4.69, 9.17) is 14.4 Å². The molecule has 9 aromatic rings. The maximum Gasteiger partial charge on any atom is 0.227 e. The number of hydrogen-bond acceptors (Lipinski definition) is 3. The summed E-state index contributed by atoms with van der Waals surface area (Å²) in [6.07, 6.45) is 0. The number of benzene rings is 7. The van der Waals surface area contributed by atoms with Crippen molar-refractivity contribution in [2.45, 2.75) is 0 Å². The molecule has 7 aromatic carbocycles. The third kappa shape index (κ3) is 4.77. The molecule has 2 heterocycles. The molecule has 2 aromatic heterocycles. The fourth-order valence-corrected chi connectivity index (χ4v) is 6.66. The lowest BCUT2D eigenvalue weighted by molar-refractivity contribution is 0.621. The van der Waals surface area contributed by atoms with Gasteiger partial charge in [0.05, 0.1) is 11.4 Å². The summed E-state index contributed by atoms with van der Waals surface area (Å²) in [5.74, 6) is 0.619. The number of para-hydroxylation sites is 1. The van der Waals surface area contributed by atoms with Crippen LogP contribution in [0.15, 0.2) is 174 Å². The predicted octanol–water partition coefficient (Wildman–Crippen LogP) is 11.9. The highest BCUT2D eigenvalue weighted by molar-refractivity contribution is 6.09. The zero-order chi connectivity index (χ0) is 31.2. The number of oxazole rings is 1. The Kier molecular flexibility index (Phi) is 6.46. The molecule has 0 aliphatic carbocycles. The highest BCUT2D eigenvalue weighted by atomic mass is 16.3. The van der Waals surface area contributed by atoms with Crippen LogP contribution in [0.25, 0.3) is 88.9 Å². The van der Waals surface area contributed by atoms with Crippen LogP contribution in [-0.2, 0) is 0 Å². The van der Waals surface area contributed by atoms with Gasteiger partial charge >= 0.3 is 0 Å². The van der Waals surface area contributed by atoms with E-state index in [2.05, 4.69) is 127 Å². The van der Waals surface area contributed by atoms with Gasteiger partial charge in [-0.15, -0.1) is 0 Å². The van der Waals surface area contributed by atoms with Crippen LogP contribution in [0, 0.1) is 0 Å². The molecule has 0 spiro atoms. The lowest BCUT2D eigenvalue weighted by Crippen LogP contribution is -1.93. The lowest BCUT2D eigenvalue weighted by atomic mass is 9.88. The van der Waals surface area contributed by atoms with Crippen LogP contribution in [0.4, 0.5) is 0 Å². The van der Waals surface area contributed by atoms with Crippen molar-refractivity contribution in [3.63, 3.8) is 0 Å². The Morgan fingerprint density at radius 1 is 0.404 bits per heavy atom. The highest BCUT2D eigenvalue weighted by Gasteiger charge is 2.19. The van der Waals surface area contributed by atoms with Crippen molar-refractivity contribution >= 4 is 32.6 Å². The maximum atomic E-state index is 6.55. The molecule has 3 nitrogen and oxygen atoms in total. The Balaban J connectivity index is 1.26. The molecule has 0 N–H and O–H groups in total. The molecule has 0 atom stereocenters. The van der Waals surface area contributed by atoms with Gasteiger partial charge in [-0.2, -0.15) is 0 Å². The van der Waals surface area contributed by atoms with Crippen LogP contribution in [0.5, 0.6) is 0 Å². The van der Waals surface area contributed by atoms with E-state index in [1.165, 1.54) is 10.8 Å². The minimum Gasteiger partial charge on any atom is -0.435 e. The first-order chi connectivity index (χ1) is 23.3. The van der Waals surface area contributed by atoms with E-state index in [0.29, 0.717) is 5.89 Å². The van der Waals surface area contributed by atoms with Crippen molar-refractivity contribution in [1.29, 1.82) is 0 Å². The topological polar surface area (TPSA) is 38.9 Å². The van der Waals surface area contributed by atoms with Gasteiger partial charge in [0.15, 0.2) is 5.58 Å². The van der Waals surface area contributed by atoms with Crippen molar-refractivity contribution in [2.24, 2.45) is 0 Å². The monoisotopic (exact) mass is 600 g/mol. The van der Waals surface area contributed by atoms with Crippen LogP contribution in [-0.4, -0.2) is 9.97 Å². The molecule has 220 valence electrons. The fraction of sp³-hybridized carbons (Fsp3) is 0. The zero-order valence-corrected chi connectivity index (χ0v) is 25.5. The molecule has 0 aliphatic heterocycles. The summed E-state index contributed by atoms with van der Waals surface area (Å²) in [6.45, 7) is 0. The summed E-state index contributed by atoms with van der Waals surface area (Å²) in [5.41, 5.74) is 11.0. The van der Waals surface area contributed by atoms with Crippen molar-refractivity contribution in [2.75, 3.05) is 0 Å². The molecule has 0 bridgehead atoms. The second kappa shape index (κ2) is 11.2. The number of pyridine rings is 1. The van der Waals surface area contributed by atoms with Crippen LogP contribution >= 0.6 is 0 Å². The lowest BCUT2D eigenvalue weighted by Gasteiger charge is -2.16. The summed E-state index contributed by atoms with van der Waals surface area (Å²) in [4.78, 5) is 10.1. The van der Waals surface area contributed by atoms with Gasteiger partial charge in [0.2, 0.25) is 5.89 Å². The van der Waals surface area contributed by atoms with Crippen molar-refractivity contribution in [1.82, 2.24) is 9.97 Å². The molecular formula is C44H28N2O. The zero-order valence-electron chi connectivity index (χ0n) is 25.5. The molecule has 47 heavy (non-hydrogen) atoms. The normalized spacial score (nSPS) is 11.4. The van der Waals surface area contributed by atoms with Gasteiger partial charge in [-0.3, -0.25) is 0 Å². The largest absolute Gasteiger partial charge is 0.435 e. The quantitative estimate of drug-likeness (QED) is 0.197. The Labute approximate surface area is 272 Å². The van der Waals surface area contributed by atoms with E-state index >= 15 is 0 Å². The molecule has 0 aliphatic rings. The Morgan fingerprint density at radius 2 is 1.06 bits per heavy atom. The smallest absolute Gasteiger partial charge is 0.227 e. The number of hydrogen-bond donors (Lipinski definition) is 0. The number of aromatic nitrogens is 2. The van der Waals surface area contributed by atoms with Gasteiger partial charge in [0.1, 0.15) is 5.52 Å². The summed E-state index contributed by atoms with van der Waals surface area (Å²) < 4.78 is 6.55. The number of rotatable bonds is 5. The van der Waals surface area contributed by atoms with Gasteiger partial charge in [-0.25, -0.2) is 9.97 Å². The van der Waals surface area contributed by atoms with Crippen LogP contribution in [0.1, 0.15) is 0 Å². The minimum atomic E-state index is 0.619. The van der Waals surface area contributed by atoms with Gasteiger partial charge in [0.25, 0.3) is 0 Å². The van der Waals surface area contributed by atoms with Crippen LogP contribution < -0.4 is 0 Å². The van der Waals surface area contributed by atoms with Gasteiger partial charge in [-0.1, -0.05) is 140 Å². The second-order valence-corrected chi connectivity index (χ2v) is 11.8. The molecule has 0 amide bonds. The molecule has 3 heteroatoms. The molecule has 9 rings (SSSR count). The Bertz CT molecular complexity index is 2570. The number of nitrogens with zero attached hydrogens (tertiary/aromatic N) is 2. The van der Waals surface area contributed by atoms with Gasteiger partial charge < -0.3 is 4.42 Å². The third-order valence-electron chi connectivity index (χ3n) is 8.89. The molecule has 0 unspecified atom stereocenters. The fourth-order valence-electron chi connectivity index (χ4n) is 6.66. The molecular weight excluding hydrogens is 572 g/mol. The van der Waals surface area contributed by atoms with Gasteiger partial charge in [0, 0.05) is 33.2 Å². The summed E-state index contributed by atoms with van der Waals surface area (Å²) in [6, 6.07) is 59.2. The van der Waals surface area contributed by atoms with E-state index in [1.807, 2.05) is 42.5 Å². The Hall–Kier alpha value is -6.32. The number of fused-ring (bicyclic) bond motifs is 3.